The van der Waals surface area contributed by atoms with E-state index < -0.39 is 29.4 Å². The second-order valence-electron chi connectivity index (χ2n) is 19.9. The van der Waals surface area contributed by atoms with Crippen molar-refractivity contribution in [3.63, 3.8) is 0 Å². The van der Waals surface area contributed by atoms with Gasteiger partial charge in [0.1, 0.15) is 11.6 Å². The number of amides is 5. The van der Waals surface area contributed by atoms with E-state index in [0.29, 0.717) is 46.6 Å². The topological polar surface area (TPSA) is 183 Å². The second-order valence-corrected chi connectivity index (χ2v) is 19.9. The van der Waals surface area contributed by atoms with Gasteiger partial charge in [0.2, 0.25) is 0 Å². The van der Waals surface area contributed by atoms with Gasteiger partial charge >= 0.3 is 5.97 Å². The highest BCUT2D eigenvalue weighted by Gasteiger charge is 2.28. The van der Waals surface area contributed by atoms with Crippen molar-refractivity contribution in [2.24, 2.45) is 10.8 Å². The molecule has 5 amide bonds. The molecule has 7 rings (SSSR count). The molecular formula is C54H59F2N5O7. The largest absolute Gasteiger partial charge is 0.478 e. The maximum Gasteiger partial charge on any atom is 0.336 e. The van der Waals surface area contributed by atoms with E-state index in [9.17, 15) is 42.7 Å². The molecule has 0 radical (unpaired) electrons. The Balaban J connectivity index is 0.000000228. The van der Waals surface area contributed by atoms with Crippen LogP contribution in [0.1, 0.15) is 141 Å². The van der Waals surface area contributed by atoms with E-state index in [4.69, 9.17) is 0 Å². The van der Waals surface area contributed by atoms with Crippen LogP contribution in [0.4, 0.5) is 14.5 Å². The summed E-state index contributed by atoms with van der Waals surface area (Å²) in [5, 5.41) is 24.0. The first-order valence-electron chi connectivity index (χ1n) is 22.6. The van der Waals surface area contributed by atoms with Gasteiger partial charge < -0.3 is 31.7 Å². The number of carboxylic acid groups (broad SMARTS) is 1. The van der Waals surface area contributed by atoms with E-state index in [1.165, 1.54) is 43.3 Å². The maximum atomic E-state index is 15.0. The van der Waals surface area contributed by atoms with Crippen molar-refractivity contribution in [2.45, 2.75) is 93.2 Å². The molecule has 5 aromatic carbocycles. The van der Waals surface area contributed by atoms with Crippen molar-refractivity contribution >= 4 is 41.2 Å². The minimum absolute atomic E-state index is 0.112. The van der Waals surface area contributed by atoms with Crippen LogP contribution >= 0.6 is 0 Å². The van der Waals surface area contributed by atoms with E-state index in [2.05, 4.69) is 26.6 Å². The molecule has 2 aliphatic rings. The molecule has 68 heavy (non-hydrogen) atoms. The zero-order chi connectivity index (χ0) is 49.7. The minimum Gasteiger partial charge on any atom is -0.478 e. The van der Waals surface area contributed by atoms with Crippen molar-refractivity contribution in [1.29, 1.82) is 0 Å². The lowest BCUT2D eigenvalue weighted by atomic mass is 9.91. The Kier molecular flexibility index (Phi) is 15.3. The Hall–Kier alpha value is -7.22. The normalized spacial score (nSPS) is 13.3. The first-order valence-corrected chi connectivity index (χ1v) is 22.6. The number of nitrogens with one attached hydrogen (secondary N) is 5. The van der Waals surface area contributed by atoms with Crippen LogP contribution in [0.5, 0.6) is 0 Å². The highest BCUT2D eigenvalue weighted by Crippen LogP contribution is 2.34. The highest BCUT2D eigenvalue weighted by atomic mass is 19.1. The van der Waals surface area contributed by atoms with Gasteiger partial charge in [0.25, 0.3) is 29.5 Å². The highest BCUT2D eigenvalue weighted by molar-refractivity contribution is 6.11. The number of carboxylic acids is 1. The van der Waals surface area contributed by atoms with E-state index in [1.807, 2.05) is 47.6 Å². The molecule has 0 saturated heterocycles. The van der Waals surface area contributed by atoms with Crippen molar-refractivity contribution in [3.8, 4) is 22.3 Å². The van der Waals surface area contributed by atoms with Gasteiger partial charge in [0.05, 0.1) is 5.56 Å². The van der Waals surface area contributed by atoms with Gasteiger partial charge in [0, 0.05) is 58.7 Å². The minimum atomic E-state index is -1.24. The van der Waals surface area contributed by atoms with Crippen LogP contribution in [0.3, 0.4) is 0 Å². The molecule has 0 atom stereocenters. The zero-order valence-electron chi connectivity index (χ0n) is 39.7. The molecule has 0 aliphatic heterocycles. The summed E-state index contributed by atoms with van der Waals surface area (Å²) < 4.78 is 29.6. The summed E-state index contributed by atoms with van der Waals surface area (Å²) in [5.74, 6) is -4.26. The number of aromatic carboxylic acids is 1. The maximum absolute atomic E-state index is 15.0. The molecule has 0 heterocycles. The quantitative estimate of drug-likeness (QED) is 0.0679. The Labute approximate surface area is 395 Å². The fraction of sp³-hybridized carbons (Fsp3) is 0.333. The first-order chi connectivity index (χ1) is 32.0. The van der Waals surface area contributed by atoms with Gasteiger partial charge in [-0.1, -0.05) is 71.9 Å². The number of halogens is 2. The number of rotatable bonds is 13. The lowest BCUT2D eigenvalue weighted by Gasteiger charge is -2.19. The summed E-state index contributed by atoms with van der Waals surface area (Å²) >= 11 is 0. The van der Waals surface area contributed by atoms with Gasteiger partial charge in [-0.2, -0.15) is 0 Å². The van der Waals surface area contributed by atoms with Crippen LogP contribution < -0.4 is 26.6 Å². The summed E-state index contributed by atoms with van der Waals surface area (Å²) in [6.45, 7) is 16.0. The smallest absolute Gasteiger partial charge is 0.336 e. The van der Waals surface area contributed by atoms with E-state index in [1.54, 1.807) is 49.4 Å². The molecule has 5 aromatic rings. The molecule has 12 nitrogen and oxygen atoms in total. The van der Waals surface area contributed by atoms with Gasteiger partial charge in [-0.3, -0.25) is 24.0 Å². The SMILES string of the molecule is Cc1c(F)cc(C(=O)NC2CC2)cc1-c1ccc(C(=O)NCC(C)(C)C)cc1C(=O)Nc1ccccc1.Cc1c(F)cc(C(=O)NC2CC2)cc1-c1ccc(C(=O)NCC(C)(C)C)cc1C(=O)O. The number of anilines is 1. The molecule has 356 valence electrons. The Morgan fingerprint density at radius 1 is 0.515 bits per heavy atom. The van der Waals surface area contributed by atoms with Gasteiger partial charge in [-0.15, -0.1) is 0 Å². The van der Waals surface area contributed by atoms with Crippen LogP contribution in [0, 0.1) is 36.3 Å². The number of hydrogen-bond donors (Lipinski definition) is 6. The summed E-state index contributed by atoms with van der Waals surface area (Å²) in [5.41, 5.74) is 3.19. The number of para-hydroxylation sites is 1. The van der Waals surface area contributed by atoms with Crippen LogP contribution in [0.2, 0.25) is 0 Å². The molecule has 6 N–H and O–H groups in total. The summed E-state index contributed by atoms with van der Waals surface area (Å²) in [6, 6.07) is 23.7. The van der Waals surface area contributed by atoms with E-state index in [0.717, 1.165) is 31.7 Å². The number of carbonyl (C=O) groups is 6. The Bertz CT molecular complexity index is 2770. The third kappa shape index (κ3) is 13.5. The van der Waals surface area contributed by atoms with Crippen molar-refractivity contribution in [2.75, 3.05) is 18.4 Å². The average molecular weight is 928 g/mol. The lowest BCUT2D eigenvalue weighted by molar-refractivity contribution is 0.0696. The third-order valence-electron chi connectivity index (χ3n) is 11.2. The molecule has 2 saturated carbocycles. The molecule has 2 fully saturated rings. The third-order valence-corrected chi connectivity index (χ3v) is 11.2. The van der Waals surface area contributed by atoms with Gasteiger partial charge in [-0.05, 0) is 144 Å². The molecule has 0 unspecified atom stereocenters. The molecule has 2 aliphatic carbocycles. The number of carbonyl (C=O) groups excluding carboxylic acids is 5. The summed E-state index contributed by atoms with van der Waals surface area (Å²) in [6.07, 6.45) is 3.62. The number of hydrogen-bond acceptors (Lipinski definition) is 6. The monoisotopic (exact) mass is 927 g/mol. The summed E-state index contributed by atoms with van der Waals surface area (Å²) in [7, 11) is 0. The second kappa shape index (κ2) is 20.7. The Morgan fingerprint density at radius 3 is 1.32 bits per heavy atom. The van der Waals surface area contributed by atoms with E-state index in [-0.39, 0.29) is 79.6 Å². The number of benzene rings is 5. The van der Waals surface area contributed by atoms with Gasteiger partial charge in [0.15, 0.2) is 0 Å². The predicted octanol–water partition coefficient (Wildman–Crippen LogP) is 9.89. The van der Waals surface area contributed by atoms with Crippen LogP contribution in [-0.2, 0) is 0 Å². The Morgan fingerprint density at radius 2 is 0.926 bits per heavy atom. The van der Waals surface area contributed by atoms with Crippen LogP contribution in [0.25, 0.3) is 22.3 Å². The predicted molar refractivity (Wildman–Crippen MR) is 259 cm³/mol. The molecule has 14 heteroatoms. The molecular weight excluding hydrogens is 869 g/mol. The zero-order valence-corrected chi connectivity index (χ0v) is 39.7. The fourth-order valence-corrected chi connectivity index (χ4v) is 6.99. The lowest BCUT2D eigenvalue weighted by Crippen LogP contribution is -2.32. The summed E-state index contributed by atoms with van der Waals surface area (Å²) in [4.78, 5) is 75.9. The van der Waals surface area contributed by atoms with E-state index >= 15 is 0 Å². The molecule has 0 aromatic heterocycles. The fourth-order valence-electron chi connectivity index (χ4n) is 6.99. The molecule has 0 spiro atoms. The van der Waals surface area contributed by atoms with Crippen molar-refractivity contribution in [3.05, 3.63) is 147 Å². The standard InChI is InChI=1S/C30H32FN3O3.C24H27FN2O4/c1-18-24(15-20(16-26(18)31)28(36)33-22-11-12-22)23-13-10-19(27(35)32-17-30(2,3)4)14-25(23)29(37)34-21-8-6-5-7-9-21;1-13-18(10-15(11-20(13)25)22(29)27-16-6-7-16)17-8-5-14(9-19(17)23(30)31)21(28)26-12-24(2,3)4/h5-10,13-16,22H,11-12,17H2,1-4H3,(H,32,35)(H,33,36)(H,34,37);5,8-11,16H,6-7,12H2,1-4H3,(H,26,28)(H,27,29)(H,30,31). The van der Waals surface area contributed by atoms with Crippen LogP contribution in [0.15, 0.2) is 91.0 Å². The van der Waals surface area contributed by atoms with Crippen molar-refractivity contribution < 1.29 is 42.7 Å². The first kappa shape index (κ1) is 50.2. The van der Waals surface area contributed by atoms with Gasteiger partial charge in [-0.25, -0.2) is 13.6 Å². The molecule has 0 bridgehead atoms. The average Bonchev–Trinajstić information content (AvgIpc) is 4.24. The van der Waals surface area contributed by atoms with Crippen molar-refractivity contribution in [1.82, 2.24) is 21.3 Å². The van der Waals surface area contributed by atoms with Crippen LogP contribution in [-0.4, -0.2) is 65.8 Å².